The molecule has 2 fully saturated rings. The van der Waals surface area contributed by atoms with Crippen LogP contribution in [-0.4, -0.2) is 13.1 Å². The Bertz CT molecular complexity index is 567. The van der Waals surface area contributed by atoms with Crippen LogP contribution in [0.4, 0.5) is 0 Å². The average Bonchev–Trinajstić information content (AvgIpc) is 2.76. The Morgan fingerprint density at radius 2 is 1.55 bits per heavy atom. The van der Waals surface area contributed by atoms with Crippen LogP contribution in [0.5, 0.6) is 0 Å². The highest BCUT2D eigenvalue weighted by molar-refractivity contribution is 5.77. The molecule has 2 saturated carbocycles. The van der Waals surface area contributed by atoms with Crippen molar-refractivity contribution in [3.63, 3.8) is 0 Å². The molecule has 0 heterocycles. The van der Waals surface area contributed by atoms with Crippen molar-refractivity contribution >= 4 is 5.97 Å². The van der Waals surface area contributed by atoms with Gasteiger partial charge in [0.1, 0.15) is 0 Å². The molecule has 4 atom stereocenters. The fourth-order valence-corrected chi connectivity index (χ4v) is 6.04. The number of carbonyl (C=O) groups excluding carboxylic acids is 1. The lowest BCUT2D eigenvalue weighted by Crippen LogP contribution is -2.54. The van der Waals surface area contributed by atoms with Gasteiger partial charge in [-0.1, -0.05) is 72.1 Å². The standard InChI is InChI=1S/C21H32O2.3C2H6/c1-14(2)15-7-9-17-16(13-15)8-10-18-20(17,3)11-6-12-21(18,4)19(22)23-5;3*1-2/h13,17-18H,6-12H2,1-5H3;3*1-2H3/t17-,18+,20+,21+;;;/m0.../s1. The Morgan fingerprint density at radius 3 is 2.07 bits per heavy atom. The van der Waals surface area contributed by atoms with Crippen molar-refractivity contribution in [1.29, 1.82) is 0 Å². The maximum absolute atomic E-state index is 12.5. The lowest BCUT2D eigenvalue weighted by molar-refractivity contribution is -0.168. The van der Waals surface area contributed by atoms with Gasteiger partial charge in [-0.25, -0.2) is 0 Å². The molecular weight excluding hydrogens is 356 g/mol. The summed E-state index contributed by atoms with van der Waals surface area (Å²) in [5.41, 5.74) is 4.64. The van der Waals surface area contributed by atoms with E-state index in [2.05, 4.69) is 33.8 Å². The molecule has 0 bridgehead atoms. The number of allylic oxidation sites excluding steroid dienone is 4. The van der Waals surface area contributed by atoms with Crippen molar-refractivity contribution in [2.75, 3.05) is 7.11 Å². The number of methoxy groups -OCH3 is 1. The van der Waals surface area contributed by atoms with Gasteiger partial charge in [-0.05, 0) is 82.1 Å². The second-order valence-electron chi connectivity index (χ2n) is 8.70. The molecule has 0 spiro atoms. The zero-order valence-corrected chi connectivity index (χ0v) is 21.5. The first kappa shape index (κ1) is 27.9. The molecule has 170 valence electrons. The number of rotatable bonds is 1. The minimum absolute atomic E-state index is 0.0154. The number of carbonyl (C=O) groups is 1. The van der Waals surface area contributed by atoms with Crippen LogP contribution in [0.25, 0.3) is 0 Å². The number of esters is 1. The van der Waals surface area contributed by atoms with E-state index in [1.807, 2.05) is 41.5 Å². The Morgan fingerprint density at radius 1 is 0.966 bits per heavy atom. The highest BCUT2D eigenvalue weighted by atomic mass is 16.5. The third-order valence-electron chi connectivity index (χ3n) is 7.30. The summed E-state index contributed by atoms with van der Waals surface area (Å²) in [6.07, 6.45) is 10.7. The molecule has 0 unspecified atom stereocenters. The van der Waals surface area contributed by atoms with E-state index in [0.717, 1.165) is 25.7 Å². The van der Waals surface area contributed by atoms with Gasteiger partial charge in [-0.3, -0.25) is 4.79 Å². The fourth-order valence-electron chi connectivity index (χ4n) is 6.04. The van der Waals surface area contributed by atoms with Gasteiger partial charge in [0.15, 0.2) is 0 Å². The van der Waals surface area contributed by atoms with Crippen LogP contribution in [0.15, 0.2) is 22.8 Å². The predicted molar refractivity (Wildman–Crippen MR) is 128 cm³/mol. The highest BCUT2D eigenvalue weighted by Gasteiger charge is 2.58. The van der Waals surface area contributed by atoms with Gasteiger partial charge in [-0.2, -0.15) is 0 Å². The van der Waals surface area contributed by atoms with E-state index in [1.165, 1.54) is 24.8 Å². The van der Waals surface area contributed by atoms with E-state index >= 15 is 0 Å². The van der Waals surface area contributed by atoms with Crippen molar-refractivity contribution in [3.05, 3.63) is 22.8 Å². The van der Waals surface area contributed by atoms with E-state index in [0.29, 0.717) is 11.8 Å². The van der Waals surface area contributed by atoms with Gasteiger partial charge < -0.3 is 4.74 Å². The van der Waals surface area contributed by atoms with E-state index in [-0.39, 0.29) is 16.8 Å². The first-order valence-electron chi connectivity index (χ1n) is 12.3. The van der Waals surface area contributed by atoms with Crippen molar-refractivity contribution in [3.8, 4) is 0 Å². The van der Waals surface area contributed by atoms with Gasteiger partial charge in [0.05, 0.1) is 12.5 Å². The highest BCUT2D eigenvalue weighted by Crippen LogP contribution is 2.63. The molecule has 0 saturated heterocycles. The van der Waals surface area contributed by atoms with E-state index in [9.17, 15) is 4.79 Å². The van der Waals surface area contributed by atoms with Crippen LogP contribution >= 0.6 is 0 Å². The monoisotopic (exact) mass is 406 g/mol. The molecule has 3 aliphatic rings. The Balaban J connectivity index is 0.00000120. The van der Waals surface area contributed by atoms with Crippen molar-refractivity contribution in [2.24, 2.45) is 22.7 Å². The van der Waals surface area contributed by atoms with E-state index < -0.39 is 0 Å². The average molecular weight is 407 g/mol. The number of hydrogen-bond acceptors (Lipinski definition) is 2. The first-order valence-corrected chi connectivity index (χ1v) is 12.3. The smallest absolute Gasteiger partial charge is 0.311 e. The summed E-state index contributed by atoms with van der Waals surface area (Å²) in [6, 6.07) is 0. The molecule has 0 aliphatic heterocycles. The molecule has 2 nitrogen and oxygen atoms in total. The summed E-state index contributed by atoms with van der Waals surface area (Å²) in [7, 11) is 1.55. The molecule has 0 aromatic carbocycles. The maximum atomic E-state index is 12.5. The second kappa shape index (κ2) is 12.6. The van der Waals surface area contributed by atoms with Gasteiger partial charge in [0.25, 0.3) is 0 Å². The molecule has 29 heavy (non-hydrogen) atoms. The number of fused-ring (bicyclic) bond motifs is 3. The number of hydrogen-bond donors (Lipinski definition) is 0. The zero-order chi connectivity index (χ0) is 22.8. The van der Waals surface area contributed by atoms with Gasteiger partial charge in [0.2, 0.25) is 0 Å². The van der Waals surface area contributed by atoms with E-state index in [4.69, 9.17) is 4.74 Å². The first-order chi connectivity index (χ1) is 13.8. The molecule has 0 aromatic heterocycles. The molecule has 0 radical (unpaired) electrons. The molecule has 3 rings (SSSR count). The Labute approximate surface area is 182 Å². The summed E-state index contributed by atoms with van der Waals surface area (Å²) >= 11 is 0. The quantitative estimate of drug-likeness (QED) is 0.408. The third kappa shape index (κ3) is 5.56. The van der Waals surface area contributed by atoms with Crippen LogP contribution in [0.2, 0.25) is 0 Å². The summed E-state index contributed by atoms with van der Waals surface area (Å²) in [4.78, 5) is 12.5. The normalized spacial score (nSPS) is 32.2. The van der Waals surface area contributed by atoms with Gasteiger partial charge in [-0.15, -0.1) is 0 Å². The second-order valence-corrected chi connectivity index (χ2v) is 8.70. The van der Waals surface area contributed by atoms with Crippen LogP contribution < -0.4 is 0 Å². The van der Waals surface area contributed by atoms with Crippen LogP contribution in [0, 0.1) is 22.7 Å². The lowest BCUT2D eigenvalue weighted by Gasteiger charge is -2.58. The summed E-state index contributed by atoms with van der Waals surface area (Å²) in [5, 5.41) is 0. The van der Waals surface area contributed by atoms with Gasteiger partial charge >= 0.3 is 5.97 Å². The summed E-state index contributed by atoms with van der Waals surface area (Å²) in [5.74, 6) is 1.14. The molecule has 0 amide bonds. The molecular formula is C27H50O2. The third-order valence-corrected chi connectivity index (χ3v) is 7.30. The predicted octanol–water partition coefficient (Wildman–Crippen LogP) is 8.52. The lowest BCUT2D eigenvalue weighted by atomic mass is 9.46. The number of ether oxygens (including phenoxy) is 1. The largest absolute Gasteiger partial charge is 0.469 e. The van der Waals surface area contributed by atoms with Crippen molar-refractivity contribution in [1.82, 2.24) is 0 Å². The molecule has 2 heteroatoms. The minimum Gasteiger partial charge on any atom is -0.469 e. The maximum Gasteiger partial charge on any atom is 0.311 e. The van der Waals surface area contributed by atoms with Crippen LogP contribution in [0.1, 0.15) is 114 Å². The fraction of sp³-hybridized carbons (Fsp3) is 0.815. The van der Waals surface area contributed by atoms with Crippen molar-refractivity contribution < 1.29 is 9.53 Å². The van der Waals surface area contributed by atoms with Crippen LogP contribution in [0.3, 0.4) is 0 Å². The SMILES string of the molecule is CC.CC.CC.COC(=O)[C@]1(C)CCC[C@@]2(C)[C@H]1CCC1=CC(=C(C)C)CC[C@@H]12. The van der Waals surface area contributed by atoms with Crippen molar-refractivity contribution in [2.45, 2.75) is 114 Å². The van der Waals surface area contributed by atoms with E-state index in [1.54, 1.807) is 18.3 Å². The Kier molecular flexibility index (Phi) is 12.1. The molecule has 0 N–H and O–H groups in total. The van der Waals surface area contributed by atoms with Gasteiger partial charge in [0, 0.05) is 0 Å². The van der Waals surface area contributed by atoms with Crippen LogP contribution in [-0.2, 0) is 9.53 Å². The zero-order valence-electron chi connectivity index (χ0n) is 21.5. The summed E-state index contributed by atoms with van der Waals surface area (Å²) in [6.45, 7) is 21.1. The topological polar surface area (TPSA) is 26.3 Å². The summed E-state index contributed by atoms with van der Waals surface area (Å²) < 4.78 is 5.21. The Hall–Kier alpha value is -1.05. The molecule has 0 aromatic rings. The minimum atomic E-state index is -0.288. The molecule has 3 aliphatic carbocycles.